The van der Waals surface area contributed by atoms with Crippen molar-refractivity contribution in [2.45, 2.75) is 54.8 Å². The third-order valence-corrected chi connectivity index (χ3v) is 5.58. The van der Waals surface area contributed by atoms with Crippen LogP contribution in [0.3, 0.4) is 0 Å². The second kappa shape index (κ2) is 10.5. The van der Waals surface area contributed by atoms with Crippen molar-refractivity contribution in [1.29, 1.82) is 0 Å². The summed E-state index contributed by atoms with van der Waals surface area (Å²) < 4.78 is 20.9. The molecule has 0 radical (unpaired) electrons. The molecule has 15 nitrogen and oxygen atoms in total. The number of benzene rings is 1. The van der Waals surface area contributed by atoms with Gasteiger partial charge in [0, 0.05) is 12.1 Å². The highest BCUT2D eigenvalue weighted by Gasteiger charge is 2.58. The SMILES string of the molecule is O=C(OC[C@@H]1O[C@@H](O[C@]2(CO)O[C@@H](CO)[C@@H](O)[C@H]2O)[C@@H](O)[C@@H](O)[C@@H]1O)c1ccc([N+](=O)[O-])cc1. The summed E-state index contributed by atoms with van der Waals surface area (Å²) in [6, 6.07) is 4.47. The zero-order valence-corrected chi connectivity index (χ0v) is 17.5. The van der Waals surface area contributed by atoms with Crippen molar-refractivity contribution in [2.24, 2.45) is 0 Å². The number of hydrogen-bond acceptors (Lipinski definition) is 14. The highest BCUT2D eigenvalue weighted by molar-refractivity contribution is 5.89. The Morgan fingerprint density at radius 2 is 1.65 bits per heavy atom. The van der Waals surface area contributed by atoms with E-state index in [1.54, 1.807) is 0 Å². The first-order chi connectivity index (χ1) is 16.0. The van der Waals surface area contributed by atoms with E-state index in [9.17, 15) is 50.7 Å². The molecule has 0 aromatic heterocycles. The summed E-state index contributed by atoms with van der Waals surface area (Å²) in [7, 11) is 0. The van der Waals surface area contributed by atoms with Crippen molar-refractivity contribution in [3.63, 3.8) is 0 Å². The van der Waals surface area contributed by atoms with Crippen LogP contribution in [-0.4, -0.2) is 121 Å². The predicted octanol–water partition coefficient (Wildman–Crippen LogP) is -3.62. The number of nitro groups is 1. The maximum absolute atomic E-state index is 12.2. The Bertz CT molecular complexity index is 867. The van der Waals surface area contributed by atoms with Gasteiger partial charge in [0.1, 0.15) is 55.9 Å². The maximum Gasteiger partial charge on any atom is 0.338 e. The zero-order chi connectivity index (χ0) is 25.2. The Balaban J connectivity index is 1.68. The van der Waals surface area contributed by atoms with Gasteiger partial charge >= 0.3 is 5.97 Å². The minimum Gasteiger partial charge on any atom is -0.459 e. The Morgan fingerprint density at radius 3 is 2.18 bits per heavy atom. The fraction of sp³-hybridized carbons (Fsp3) is 0.632. The Kier molecular flexibility index (Phi) is 8.14. The molecule has 1 aromatic rings. The molecule has 2 fully saturated rings. The molecule has 190 valence electrons. The van der Waals surface area contributed by atoms with E-state index >= 15 is 0 Å². The van der Waals surface area contributed by atoms with Crippen LogP contribution in [0.1, 0.15) is 10.4 Å². The molecule has 34 heavy (non-hydrogen) atoms. The van der Waals surface area contributed by atoms with Gasteiger partial charge in [-0.3, -0.25) is 10.1 Å². The number of carbonyl (C=O) groups is 1. The van der Waals surface area contributed by atoms with Crippen LogP contribution in [0.4, 0.5) is 5.69 Å². The van der Waals surface area contributed by atoms with Crippen molar-refractivity contribution >= 4 is 11.7 Å². The highest BCUT2D eigenvalue weighted by atomic mass is 16.8. The van der Waals surface area contributed by atoms with Crippen molar-refractivity contribution in [1.82, 2.24) is 0 Å². The average molecular weight is 491 g/mol. The maximum atomic E-state index is 12.2. The van der Waals surface area contributed by atoms with Gasteiger partial charge in [0.05, 0.1) is 17.1 Å². The summed E-state index contributed by atoms with van der Waals surface area (Å²) in [5, 5.41) is 80.5. The van der Waals surface area contributed by atoms with Gasteiger partial charge in [0.2, 0.25) is 5.79 Å². The molecule has 9 atom stereocenters. The largest absolute Gasteiger partial charge is 0.459 e. The first-order valence-corrected chi connectivity index (χ1v) is 10.1. The second-order valence-electron chi connectivity index (χ2n) is 7.78. The number of esters is 1. The van der Waals surface area contributed by atoms with Crippen LogP contribution in [0.25, 0.3) is 0 Å². The molecule has 7 N–H and O–H groups in total. The average Bonchev–Trinajstić information content (AvgIpc) is 3.08. The van der Waals surface area contributed by atoms with E-state index < -0.39 is 85.5 Å². The Morgan fingerprint density at radius 1 is 1.00 bits per heavy atom. The lowest BCUT2D eigenvalue weighted by Crippen LogP contribution is -2.62. The quantitative estimate of drug-likeness (QED) is 0.106. The number of aliphatic hydroxyl groups excluding tert-OH is 7. The van der Waals surface area contributed by atoms with Crippen LogP contribution in [-0.2, 0) is 18.9 Å². The van der Waals surface area contributed by atoms with Gasteiger partial charge in [-0.1, -0.05) is 0 Å². The lowest BCUT2D eigenvalue weighted by Gasteiger charge is -2.43. The molecule has 0 spiro atoms. The van der Waals surface area contributed by atoms with E-state index in [2.05, 4.69) is 0 Å². The van der Waals surface area contributed by atoms with Crippen molar-refractivity contribution in [2.75, 3.05) is 19.8 Å². The Hall–Kier alpha value is -2.31. The first kappa shape index (κ1) is 26.3. The third-order valence-electron chi connectivity index (χ3n) is 5.58. The molecule has 1 aromatic carbocycles. The normalized spacial score (nSPS) is 38.0. The minimum absolute atomic E-state index is 0.0463. The molecular weight excluding hydrogens is 466 g/mol. The summed E-state index contributed by atoms with van der Waals surface area (Å²) in [5.41, 5.74) is -0.294. The molecule has 2 aliphatic rings. The molecule has 2 heterocycles. The zero-order valence-electron chi connectivity index (χ0n) is 17.5. The van der Waals surface area contributed by atoms with Gasteiger partial charge in [0.25, 0.3) is 5.69 Å². The summed E-state index contributed by atoms with van der Waals surface area (Å²) in [6.07, 6.45) is -13.7. The fourth-order valence-electron chi connectivity index (χ4n) is 3.58. The molecule has 0 amide bonds. The van der Waals surface area contributed by atoms with Crippen LogP contribution in [0.15, 0.2) is 24.3 Å². The lowest BCUT2D eigenvalue weighted by atomic mass is 9.99. The van der Waals surface area contributed by atoms with E-state index in [4.69, 9.17) is 18.9 Å². The summed E-state index contributed by atoms with van der Waals surface area (Å²) in [5.74, 6) is -3.28. The third kappa shape index (κ3) is 5.03. The number of nitro benzene ring substituents is 1. The smallest absolute Gasteiger partial charge is 0.338 e. The molecule has 0 saturated carbocycles. The molecule has 0 aliphatic carbocycles. The summed E-state index contributed by atoms with van der Waals surface area (Å²) in [4.78, 5) is 22.3. The van der Waals surface area contributed by atoms with Crippen LogP contribution >= 0.6 is 0 Å². The van der Waals surface area contributed by atoms with E-state index in [1.165, 1.54) is 0 Å². The molecule has 2 aliphatic heterocycles. The standard InChI is InChI=1S/C19H25NO14/c21-5-10-13(24)16(27)19(7-22,33-10)34-18-15(26)14(25)12(23)11(32-18)6-31-17(28)8-1-3-9(4-2-8)20(29)30/h1-4,10-16,18,21-27H,5-7H2/t10-,11-,12+,13+,14-,15-,16+,18-,19-/m0/s1. The van der Waals surface area contributed by atoms with Gasteiger partial charge in [-0.15, -0.1) is 0 Å². The monoisotopic (exact) mass is 491 g/mol. The van der Waals surface area contributed by atoms with E-state index in [1.807, 2.05) is 0 Å². The second-order valence-corrected chi connectivity index (χ2v) is 7.78. The van der Waals surface area contributed by atoms with Crippen molar-refractivity contribution in [3.8, 4) is 0 Å². The molecular formula is C19H25NO14. The number of carbonyl (C=O) groups excluding carboxylic acids is 1. The van der Waals surface area contributed by atoms with Gasteiger partial charge < -0.3 is 54.7 Å². The number of non-ortho nitro benzene ring substituents is 1. The van der Waals surface area contributed by atoms with Gasteiger partial charge in [-0.2, -0.15) is 0 Å². The van der Waals surface area contributed by atoms with E-state index in [0.717, 1.165) is 24.3 Å². The molecule has 15 heteroatoms. The minimum atomic E-state index is -2.35. The van der Waals surface area contributed by atoms with Crippen LogP contribution in [0.2, 0.25) is 0 Å². The molecule has 0 bridgehead atoms. The van der Waals surface area contributed by atoms with Crippen LogP contribution in [0.5, 0.6) is 0 Å². The van der Waals surface area contributed by atoms with Crippen LogP contribution in [0, 0.1) is 10.1 Å². The molecule has 3 rings (SSSR count). The molecule has 0 unspecified atom stereocenters. The number of hydrogen-bond donors (Lipinski definition) is 7. The summed E-state index contributed by atoms with van der Waals surface area (Å²) in [6.45, 7) is -2.44. The number of rotatable bonds is 8. The lowest BCUT2D eigenvalue weighted by molar-refractivity contribution is -0.384. The van der Waals surface area contributed by atoms with Gasteiger partial charge in [-0.05, 0) is 12.1 Å². The van der Waals surface area contributed by atoms with E-state index in [0.29, 0.717) is 0 Å². The Labute approximate surface area is 191 Å². The van der Waals surface area contributed by atoms with Gasteiger partial charge in [0.15, 0.2) is 6.29 Å². The summed E-state index contributed by atoms with van der Waals surface area (Å²) >= 11 is 0. The highest BCUT2D eigenvalue weighted by Crippen LogP contribution is 2.36. The topological polar surface area (TPSA) is 239 Å². The number of ether oxygens (including phenoxy) is 4. The number of nitrogens with zero attached hydrogens (tertiary/aromatic N) is 1. The fourth-order valence-corrected chi connectivity index (χ4v) is 3.58. The van der Waals surface area contributed by atoms with E-state index in [-0.39, 0.29) is 11.3 Å². The molecule has 2 saturated heterocycles. The van der Waals surface area contributed by atoms with Crippen LogP contribution < -0.4 is 0 Å². The number of aliphatic hydroxyl groups is 7. The predicted molar refractivity (Wildman–Crippen MR) is 105 cm³/mol. The van der Waals surface area contributed by atoms with Gasteiger partial charge in [-0.25, -0.2) is 4.79 Å². The van der Waals surface area contributed by atoms with Crippen molar-refractivity contribution in [3.05, 3.63) is 39.9 Å². The van der Waals surface area contributed by atoms with Crippen molar-refractivity contribution < 1.29 is 64.4 Å². The first-order valence-electron chi connectivity index (χ1n) is 10.1.